The molecule has 1 aromatic rings. The van der Waals surface area contributed by atoms with E-state index in [1.807, 2.05) is 0 Å². The number of hydrogen-bond donors (Lipinski definition) is 0. The number of ether oxygens (including phenoxy) is 1. The molecule has 0 amide bonds. The molecule has 1 heterocycles. The van der Waals surface area contributed by atoms with Gasteiger partial charge in [-0.3, -0.25) is 0 Å². The topological polar surface area (TPSA) is 12.5 Å². The Morgan fingerprint density at radius 1 is 0.840 bits per heavy atom. The van der Waals surface area contributed by atoms with Gasteiger partial charge in [-0.15, -0.1) is 0 Å². The van der Waals surface area contributed by atoms with Crippen LogP contribution in [-0.4, -0.2) is 31.1 Å². The monoisotopic (exact) mass is 345 g/mol. The quantitative estimate of drug-likeness (QED) is 0.406. The first-order chi connectivity index (χ1) is 12.3. The maximum Gasteiger partial charge on any atom is 0.119 e. The minimum Gasteiger partial charge on any atom is -0.494 e. The van der Waals surface area contributed by atoms with Crippen molar-refractivity contribution in [3.05, 3.63) is 29.8 Å². The molecule has 0 saturated carbocycles. The molecule has 0 aliphatic carbocycles. The SMILES string of the molecule is CCCCCCCCN1CCC(c2ccc(OCCCC)cc2)CC1. The van der Waals surface area contributed by atoms with E-state index in [1.165, 1.54) is 83.0 Å². The zero-order valence-corrected chi connectivity index (χ0v) is 16.6. The number of piperidine rings is 1. The van der Waals surface area contributed by atoms with Crippen LogP contribution in [-0.2, 0) is 0 Å². The van der Waals surface area contributed by atoms with Crippen LogP contribution in [0, 0.1) is 0 Å². The van der Waals surface area contributed by atoms with Gasteiger partial charge in [0.15, 0.2) is 0 Å². The van der Waals surface area contributed by atoms with Gasteiger partial charge in [0.25, 0.3) is 0 Å². The van der Waals surface area contributed by atoms with Crippen LogP contribution in [0.5, 0.6) is 5.75 Å². The van der Waals surface area contributed by atoms with Gasteiger partial charge in [0.1, 0.15) is 5.75 Å². The molecule has 1 aromatic carbocycles. The highest BCUT2D eigenvalue weighted by molar-refractivity contribution is 5.29. The first kappa shape index (κ1) is 20.3. The van der Waals surface area contributed by atoms with Gasteiger partial charge in [-0.1, -0.05) is 64.5 Å². The van der Waals surface area contributed by atoms with E-state index >= 15 is 0 Å². The first-order valence-electron chi connectivity index (χ1n) is 10.8. The van der Waals surface area contributed by atoms with E-state index < -0.39 is 0 Å². The summed E-state index contributed by atoms with van der Waals surface area (Å²) in [7, 11) is 0. The van der Waals surface area contributed by atoms with Crippen LogP contribution in [0.25, 0.3) is 0 Å². The van der Waals surface area contributed by atoms with Crippen molar-refractivity contribution in [2.75, 3.05) is 26.2 Å². The van der Waals surface area contributed by atoms with Crippen LogP contribution < -0.4 is 4.74 Å². The van der Waals surface area contributed by atoms with Crippen molar-refractivity contribution in [2.45, 2.75) is 84.0 Å². The summed E-state index contributed by atoms with van der Waals surface area (Å²) < 4.78 is 5.78. The predicted molar refractivity (Wildman–Crippen MR) is 109 cm³/mol. The fourth-order valence-corrected chi connectivity index (χ4v) is 3.78. The Labute approximate surface area is 156 Å². The lowest BCUT2D eigenvalue weighted by molar-refractivity contribution is 0.208. The second-order valence-corrected chi connectivity index (χ2v) is 7.65. The third kappa shape index (κ3) is 7.81. The average molecular weight is 346 g/mol. The molecule has 2 rings (SSSR count). The summed E-state index contributed by atoms with van der Waals surface area (Å²) in [5.41, 5.74) is 1.50. The molecule has 2 heteroatoms. The molecular formula is C23H39NO. The van der Waals surface area contributed by atoms with Gasteiger partial charge in [0.05, 0.1) is 6.61 Å². The molecule has 1 fully saturated rings. The standard InChI is InChI=1S/C23H39NO/c1-3-5-7-8-9-10-17-24-18-15-22(16-19-24)21-11-13-23(14-12-21)25-20-6-4-2/h11-14,22H,3-10,15-20H2,1-2H3. The Morgan fingerprint density at radius 2 is 1.48 bits per heavy atom. The molecule has 0 unspecified atom stereocenters. The average Bonchev–Trinajstić information content (AvgIpc) is 2.66. The molecular weight excluding hydrogens is 306 g/mol. The molecule has 1 aliphatic heterocycles. The summed E-state index contributed by atoms with van der Waals surface area (Å²) in [4.78, 5) is 2.68. The fourth-order valence-electron chi connectivity index (χ4n) is 3.78. The third-order valence-electron chi connectivity index (χ3n) is 5.53. The minimum absolute atomic E-state index is 0.741. The van der Waals surface area contributed by atoms with Crippen LogP contribution in [0.15, 0.2) is 24.3 Å². The van der Waals surface area contributed by atoms with Gasteiger partial charge < -0.3 is 9.64 Å². The Hall–Kier alpha value is -1.02. The summed E-state index contributed by atoms with van der Waals surface area (Å²) in [5.74, 6) is 1.77. The van der Waals surface area contributed by atoms with E-state index in [0.29, 0.717) is 0 Å². The van der Waals surface area contributed by atoms with E-state index in [1.54, 1.807) is 0 Å². The molecule has 142 valence electrons. The molecule has 1 aliphatic rings. The van der Waals surface area contributed by atoms with E-state index in [4.69, 9.17) is 4.74 Å². The second-order valence-electron chi connectivity index (χ2n) is 7.65. The number of unbranched alkanes of at least 4 members (excludes halogenated alkanes) is 6. The molecule has 0 radical (unpaired) electrons. The first-order valence-corrected chi connectivity index (χ1v) is 10.8. The summed E-state index contributed by atoms with van der Waals surface area (Å²) in [5, 5.41) is 0. The maximum absolute atomic E-state index is 5.78. The highest BCUT2D eigenvalue weighted by atomic mass is 16.5. The largest absolute Gasteiger partial charge is 0.494 e. The van der Waals surface area contributed by atoms with E-state index in [0.717, 1.165) is 24.7 Å². The molecule has 0 bridgehead atoms. The lowest BCUT2D eigenvalue weighted by atomic mass is 9.89. The van der Waals surface area contributed by atoms with Crippen LogP contribution in [0.4, 0.5) is 0 Å². The highest BCUT2D eigenvalue weighted by Gasteiger charge is 2.20. The van der Waals surface area contributed by atoms with Gasteiger partial charge in [0.2, 0.25) is 0 Å². The lowest BCUT2D eigenvalue weighted by Gasteiger charge is -2.32. The predicted octanol–water partition coefficient (Wildman–Crippen LogP) is 6.41. The number of nitrogens with zero attached hydrogens (tertiary/aromatic N) is 1. The zero-order valence-electron chi connectivity index (χ0n) is 16.6. The Bertz CT molecular complexity index is 434. The third-order valence-corrected chi connectivity index (χ3v) is 5.53. The molecule has 0 N–H and O–H groups in total. The van der Waals surface area contributed by atoms with Crippen molar-refractivity contribution in [1.82, 2.24) is 4.90 Å². The van der Waals surface area contributed by atoms with Crippen molar-refractivity contribution in [3.8, 4) is 5.75 Å². The summed E-state index contributed by atoms with van der Waals surface area (Å²) >= 11 is 0. The van der Waals surface area contributed by atoms with Crippen LogP contribution in [0.3, 0.4) is 0 Å². The van der Waals surface area contributed by atoms with Gasteiger partial charge in [-0.25, -0.2) is 0 Å². The molecule has 0 atom stereocenters. The molecule has 2 nitrogen and oxygen atoms in total. The van der Waals surface area contributed by atoms with Crippen molar-refractivity contribution in [3.63, 3.8) is 0 Å². The summed E-state index contributed by atoms with van der Waals surface area (Å²) in [6, 6.07) is 8.89. The zero-order chi connectivity index (χ0) is 17.7. The van der Waals surface area contributed by atoms with Crippen molar-refractivity contribution in [2.24, 2.45) is 0 Å². The highest BCUT2D eigenvalue weighted by Crippen LogP contribution is 2.29. The minimum atomic E-state index is 0.741. The van der Waals surface area contributed by atoms with Crippen LogP contribution in [0.2, 0.25) is 0 Å². The number of rotatable bonds is 12. The van der Waals surface area contributed by atoms with Crippen molar-refractivity contribution in [1.29, 1.82) is 0 Å². The van der Waals surface area contributed by atoms with Gasteiger partial charge in [0, 0.05) is 0 Å². The molecule has 25 heavy (non-hydrogen) atoms. The maximum atomic E-state index is 5.78. The summed E-state index contributed by atoms with van der Waals surface area (Å²) in [6.07, 6.45) is 13.4. The normalized spacial score (nSPS) is 16.2. The fraction of sp³-hybridized carbons (Fsp3) is 0.739. The molecule has 0 aromatic heterocycles. The smallest absolute Gasteiger partial charge is 0.119 e. The molecule has 1 saturated heterocycles. The van der Waals surface area contributed by atoms with Crippen molar-refractivity contribution >= 4 is 0 Å². The second kappa shape index (κ2) is 12.4. The van der Waals surface area contributed by atoms with E-state index in [2.05, 4.69) is 43.0 Å². The Morgan fingerprint density at radius 3 is 2.16 bits per heavy atom. The Balaban J connectivity index is 1.62. The Kier molecular flexibility index (Phi) is 10.0. The van der Waals surface area contributed by atoms with Gasteiger partial charge >= 0.3 is 0 Å². The van der Waals surface area contributed by atoms with E-state index in [9.17, 15) is 0 Å². The van der Waals surface area contributed by atoms with Crippen molar-refractivity contribution < 1.29 is 4.74 Å². The lowest BCUT2D eigenvalue weighted by Crippen LogP contribution is -2.33. The van der Waals surface area contributed by atoms with Gasteiger partial charge in [-0.2, -0.15) is 0 Å². The van der Waals surface area contributed by atoms with Crippen LogP contribution in [0.1, 0.15) is 89.5 Å². The summed E-state index contributed by atoms with van der Waals surface area (Å²) in [6.45, 7) is 9.18. The van der Waals surface area contributed by atoms with E-state index in [-0.39, 0.29) is 0 Å². The number of hydrogen-bond acceptors (Lipinski definition) is 2. The van der Waals surface area contributed by atoms with Crippen LogP contribution >= 0.6 is 0 Å². The van der Waals surface area contributed by atoms with Gasteiger partial charge in [-0.05, 0) is 68.9 Å². The number of likely N-dealkylation sites (tertiary alicyclic amines) is 1. The number of benzene rings is 1. The molecule has 0 spiro atoms.